The van der Waals surface area contributed by atoms with Gasteiger partial charge in [0.15, 0.2) is 0 Å². The Hall–Kier alpha value is -1.40. The van der Waals surface area contributed by atoms with E-state index in [2.05, 4.69) is 5.32 Å². The molecule has 2 heterocycles. The minimum absolute atomic E-state index is 0.0718. The second kappa shape index (κ2) is 3.77. The topological polar surface area (TPSA) is 77.5 Å². The van der Waals surface area contributed by atoms with Gasteiger partial charge in [0, 0.05) is 6.54 Å². The molecule has 14 heavy (non-hydrogen) atoms. The Labute approximate surface area is 80.0 Å². The Kier molecular flexibility index (Phi) is 2.47. The summed E-state index contributed by atoms with van der Waals surface area (Å²) in [6.45, 7) is 1.89. The molecule has 76 valence electrons. The summed E-state index contributed by atoms with van der Waals surface area (Å²) in [7, 11) is 0. The Morgan fingerprint density at radius 3 is 3.00 bits per heavy atom. The summed E-state index contributed by atoms with van der Waals surface area (Å²) in [5.74, 6) is 0.323. The number of nitrogens with zero attached hydrogens (tertiary/aromatic N) is 1. The zero-order valence-corrected chi connectivity index (χ0v) is 7.43. The van der Waals surface area contributed by atoms with Crippen LogP contribution in [0.2, 0.25) is 0 Å². The van der Waals surface area contributed by atoms with Gasteiger partial charge in [-0.1, -0.05) is 0 Å². The molecule has 1 aromatic rings. The van der Waals surface area contributed by atoms with Gasteiger partial charge in [-0.15, -0.1) is 0 Å². The van der Waals surface area contributed by atoms with Gasteiger partial charge in [0.1, 0.15) is 10.7 Å². The van der Waals surface area contributed by atoms with Gasteiger partial charge in [0.05, 0.1) is 25.3 Å². The molecule has 0 aliphatic carbocycles. The average Bonchev–Trinajstić information content (AvgIpc) is 2.68. The maximum absolute atomic E-state index is 10.4. The number of hydrogen-bond donors (Lipinski definition) is 1. The lowest BCUT2D eigenvalue weighted by Crippen LogP contribution is -2.34. The molecule has 0 radical (unpaired) electrons. The molecule has 1 aromatic heterocycles. The molecule has 1 aliphatic rings. The maximum Gasteiger partial charge on any atom is 0.433 e. The van der Waals surface area contributed by atoms with Crippen LogP contribution in [0.25, 0.3) is 0 Å². The highest BCUT2D eigenvalue weighted by Gasteiger charge is 2.21. The SMILES string of the molecule is O=[N+]([O-])c1ccc([C@H]2COCCN2)o1. The third-order valence-corrected chi connectivity index (χ3v) is 2.06. The van der Waals surface area contributed by atoms with E-state index >= 15 is 0 Å². The normalized spacial score (nSPS) is 22.1. The van der Waals surface area contributed by atoms with Crippen LogP contribution in [0.1, 0.15) is 11.8 Å². The van der Waals surface area contributed by atoms with Gasteiger partial charge in [0.2, 0.25) is 0 Å². The van der Waals surface area contributed by atoms with Crippen LogP contribution >= 0.6 is 0 Å². The minimum Gasteiger partial charge on any atom is -0.404 e. The van der Waals surface area contributed by atoms with Crippen molar-refractivity contribution in [3.8, 4) is 0 Å². The first kappa shape index (κ1) is 9.17. The molecule has 1 atom stereocenters. The van der Waals surface area contributed by atoms with E-state index in [1.165, 1.54) is 6.07 Å². The summed E-state index contributed by atoms with van der Waals surface area (Å²) in [5.41, 5.74) is 0. The van der Waals surface area contributed by atoms with E-state index < -0.39 is 4.92 Å². The van der Waals surface area contributed by atoms with Gasteiger partial charge in [-0.2, -0.15) is 0 Å². The Morgan fingerprint density at radius 1 is 1.57 bits per heavy atom. The molecule has 2 rings (SSSR count). The molecular weight excluding hydrogens is 188 g/mol. The minimum atomic E-state index is -0.548. The van der Waals surface area contributed by atoms with E-state index in [0.29, 0.717) is 19.0 Å². The van der Waals surface area contributed by atoms with Crippen LogP contribution in [0.5, 0.6) is 0 Å². The lowest BCUT2D eigenvalue weighted by Gasteiger charge is -2.21. The Morgan fingerprint density at radius 2 is 2.43 bits per heavy atom. The van der Waals surface area contributed by atoms with E-state index in [-0.39, 0.29) is 11.9 Å². The van der Waals surface area contributed by atoms with Crippen molar-refractivity contribution in [2.75, 3.05) is 19.8 Å². The Bertz CT molecular complexity index is 330. The average molecular weight is 198 g/mol. The molecular formula is C8H10N2O4. The summed E-state index contributed by atoms with van der Waals surface area (Å²) in [6, 6.07) is 2.88. The van der Waals surface area contributed by atoms with Crippen LogP contribution in [-0.4, -0.2) is 24.7 Å². The van der Waals surface area contributed by atoms with Gasteiger partial charge >= 0.3 is 5.88 Å². The number of morpholine rings is 1. The fraction of sp³-hybridized carbons (Fsp3) is 0.500. The van der Waals surface area contributed by atoms with Crippen molar-refractivity contribution in [3.05, 3.63) is 28.0 Å². The van der Waals surface area contributed by atoms with E-state index in [1.54, 1.807) is 6.07 Å². The standard InChI is InChI=1S/C8H10N2O4/c11-10(12)8-2-1-7(14-8)6-5-13-4-3-9-6/h1-2,6,9H,3-5H2/t6-/m1/s1. The third-order valence-electron chi connectivity index (χ3n) is 2.06. The molecule has 0 spiro atoms. The van der Waals surface area contributed by atoms with Crippen LogP contribution in [0.15, 0.2) is 16.5 Å². The smallest absolute Gasteiger partial charge is 0.404 e. The van der Waals surface area contributed by atoms with Crippen LogP contribution < -0.4 is 5.32 Å². The number of ether oxygens (including phenoxy) is 1. The fourth-order valence-corrected chi connectivity index (χ4v) is 1.38. The predicted octanol–water partition coefficient (Wildman–Crippen LogP) is 0.849. The molecule has 0 bridgehead atoms. The highest BCUT2D eigenvalue weighted by Crippen LogP contribution is 2.22. The lowest BCUT2D eigenvalue weighted by molar-refractivity contribution is -0.402. The molecule has 1 saturated heterocycles. The number of rotatable bonds is 2. The van der Waals surface area contributed by atoms with Crippen LogP contribution in [-0.2, 0) is 4.74 Å². The van der Waals surface area contributed by atoms with Crippen molar-refractivity contribution >= 4 is 5.88 Å². The molecule has 6 heteroatoms. The highest BCUT2D eigenvalue weighted by molar-refractivity contribution is 5.20. The summed E-state index contributed by atoms with van der Waals surface area (Å²) >= 11 is 0. The van der Waals surface area contributed by atoms with Crippen molar-refractivity contribution in [1.29, 1.82) is 0 Å². The summed E-state index contributed by atoms with van der Waals surface area (Å²) < 4.78 is 10.3. The zero-order valence-electron chi connectivity index (χ0n) is 7.43. The van der Waals surface area contributed by atoms with Gasteiger partial charge < -0.3 is 14.5 Å². The van der Waals surface area contributed by atoms with E-state index in [9.17, 15) is 10.1 Å². The number of nitro groups is 1. The third kappa shape index (κ3) is 1.75. The van der Waals surface area contributed by atoms with Crippen LogP contribution in [0, 0.1) is 10.1 Å². The number of nitrogens with one attached hydrogen (secondary N) is 1. The first-order valence-corrected chi connectivity index (χ1v) is 4.32. The number of furan rings is 1. The van der Waals surface area contributed by atoms with Gasteiger partial charge in [0.25, 0.3) is 0 Å². The van der Waals surface area contributed by atoms with E-state index in [0.717, 1.165) is 6.54 Å². The summed E-state index contributed by atoms with van der Waals surface area (Å²) in [4.78, 5) is 9.81. The van der Waals surface area contributed by atoms with E-state index in [1.807, 2.05) is 0 Å². The van der Waals surface area contributed by atoms with Gasteiger partial charge in [-0.3, -0.25) is 10.1 Å². The van der Waals surface area contributed by atoms with Gasteiger partial charge in [-0.25, -0.2) is 0 Å². The second-order valence-corrected chi connectivity index (χ2v) is 3.01. The zero-order chi connectivity index (χ0) is 9.97. The van der Waals surface area contributed by atoms with Crippen LogP contribution in [0.3, 0.4) is 0 Å². The van der Waals surface area contributed by atoms with Crippen molar-refractivity contribution in [1.82, 2.24) is 5.32 Å². The van der Waals surface area contributed by atoms with Gasteiger partial charge in [-0.05, 0) is 6.07 Å². The van der Waals surface area contributed by atoms with Crippen LogP contribution in [0.4, 0.5) is 5.88 Å². The van der Waals surface area contributed by atoms with Crippen molar-refractivity contribution in [2.24, 2.45) is 0 Å². The Balaban J connectivity index is 2.11. The maximum atomic E-state index is 10.4. The fourth-order valence-electron chi connectivity index (χ4n) is 1.38. The summed E-state index contributed by atoms with van der Waals surface area (Å²) in [5, 5.41) is 13.5. The molecule has 0 aromatic carbocycles. The largest absolute Gasteiger partial charge is 0.433 e. The number of hydrogen-bond acceptors (Lipinski definition) is 5. The summed E-state index contributed by atoms with van der Waals surface area (Å²) in [6.07, 6.45) is 0. The first-order chi connectivity index (χ1) is 6.77. The monoisotopic (exact) mass is 198 g/mol. The molecule has 0 saturated carbocycles. The molecule has 0 unspecified atom stereocenters. The molecule has 6 nitrogen and oxygen atoms in total. The quantitative estimate of drug-likeness (QED) is 0.563. The molecule has 1 N–H and O–H groups in total. The van der Waals surface area contributed by atoms with Crippen molar-refractivity contribution < 1.29 is 14.1 Å². The lowest BCUT2D eigenvalue weighted by atomic mass is 10.2. The first-order valence-electron chi connectivity index (χ1n) is 4.32. The second-order valence-electron chi connectivity index (χ2n) is 3.01. The molecule has 1 aliphatic heterocycles. The molecule has 1 fully saturated rings. The molecule has 0 amide bonds. The van der Waals surface area contributed by atoms with Crippen molar-refractivity contribution in [3.63, 3.8) is 0 Å². The van der Waals surface area contributed by atoms with E-state index in [4.69, 9.17) is 9.15 Å². The highest BCUT2D eigenvalue weighted by atomic mass is 16.6. The van der Waals surface area contributed by atoms with Crippen molar-refractivity contribution in [2.45, 2.75) is 6.04 Å². The predicted molar refractivity (Wildman–Crippen MR) is 46.9 cm³/mol.